The first-order chi connectivity index (χ1) is 10.1. The Morgan fingerprint density at radius 1 is 1.29 bits per heavy atom. The first-order valence-electron chi connectivity index (χ1n) is 6.80. The number of benzene rings is 1. The van der Waals surface area contributed by atoms with E-state index >= 15 is 0 Å². The average Bonchev–Trinajstić information content (AvgIpc) is 3.33. The third-order valence-corrected chi connectivity index (χ3v) is 5.09. The molecule has 0 unspecified atom stereocenters. The molecule has 108 valence electrons. The smallest absolute Gasteiger partial charge is 0.254 e. The molecule has 0 spiro atoms. The van der Waals surface area contributed by atoms with E-state index in [1.54, 1.807) is 18.5 Å². The SMILES string of the molecule is O=C(c1ccc(I)c(Cl)c1)N(Cc1ccncc1)C1CC1. The van der Waals surface area contributed by atoms with Gasteiger partial charge in [0.05, 0.1) is 5.02 Å². The van der Waals surface area contributed by atoms with Crippen molar-refractivity contribution in [3.63, 3.8) is 0 Å². The number of hydrogen-bond acceptors (Lipinski definition) is 2. The molecule has 0 saturated heterocycles. The van der Waals surface area contributed by atoms with Crippen LogP contribution in [0.4, 0.5) is 0 Å². The van der Waals surface area contributed by atoms with Crippen LogP contribution in [0.3, 0.4) is 0 Å². The third kappa shape index (κ3) is 3.55. The van der Waals surface area contributed by atoms with Gasteiger partial charge in [0.15, 0.2) is 0 Å². The number of nitrogens with zero attached hydrogens (tertiary/aromatic N) is 2. The number of hydrogen-bond donors (Lipinski definition) is 0. The van der Waals surface area contributed by atoms with Crippen molar-refractivity contribution in [2.45, 2.75) is 25.4 Å². The molecule has 5 heteroatoms. The second-order valence-corrected chi connectivity index (χ2v) is 6.72. The fourth-order valence-corrected chi connectivity index (χ4v) is 2.75. The van der Waals surface area contributed by atoms with Crippen molar-refractivity contribution in [3.8, 4) is 0 Å². The van der Waals surface area contributed by atoms with Crippen LogP contribution in [0, 0.1) is 3.57 Å². The van der Waals surface area contributed by atoms with Crippen molar-refractivity contribution >= 4 is 40.1 Å². The van der Waals surface area contributed by atoms with E-state index in [9.17, 15) is 4.79 Å². The molecule has 21 heavy (non-hydrogen) atoms. The Labute approximate surface area is 142 Å². The van der Waals surface area contributed by atoms with Crippen molar-refractivity contribution in [3.05, 3.63) is 62.4 Å². The maximum Gasteiger partial charge on any atom is 0.254 e. The van der Waals surface area contributed by atoms with E-state index in [2.05, 4.69) is 27.6 Å². The fraction of sp³-hybridized carbons (Fsp3) is 0.250. The van der Waals surface area contributed by atoms with Gasteiger partial charge in [-0.05, 0) is 71.3 Å². The Morgan fingerprint density at radius 2 is 2.00 bits per heavy atom. The molecule has 1 heterocycles. The molecule has 0 radical (unpaired) electrons. The van der Waals surface area contributed by atoms with E-state index in [1.807, 2.05) is 29.2 Å². The summed E-state index contributed by atoms with van der Waals surface area (Å²) in [6.07, 6.45) is 5.67. The standard InChI is InChI=1S/C16H14ClIN2O/c17-14-9-12(1-4-15(14)18)16(21)20(13-2-3-13)10-11-5-7-19-8-6-11/h1,4-9,13H,2-3,10H2. The summed E-state index contributed by atoms with van der Waals surface area (Å²) in [6.45, 7) is 0.621. The minimum Gasteiger partial charge on any atom is -0.331 e. The molecular formula is C16H14ClIN2O. The number of aromatic nitrogens is 1. The van der Waals surface area contributed by atoms with Gasteiger partial charge in [-0.2, -0.15) is 0 Å². The third-order valence-electron chi connectivity index (χ3n) is 3.52. The zero-order valence-electron chi connectivity index (χ0n) is 11.3. The lowest BCUT2D eigenvalue weighted by molar-refractivity contribution is 0.0730. The van der Waals surface area contributed by atoms with Gasteiger partial charge in [0.1, 0.15) is 0 Å². The Bertz CT molecular complexity index is 659. The van der Waals surface area contributed by atoms with Crippen molar-refractivity contribution < 1.29 is 4.79 Å². The van der Waals surface area contributed by atoms with Crippen LogP contribution in [0.25, 0.3) is 0 Å². The molecule has 1 fully saturated rings. The normalized spacial score (nSPS) is 14.0. The highest BCUT2D eigenvalue weighted by Gasteiger charge is 2.33. The van der Waals surface area contributed by atoms with E-state index < -0.39 is 0 Å². The summed E-state index contributed by atoms with van der Waals surface area (Å²) in [7, 11) is 0. The maximum atomic E-state index is 12.7. The number of rotatable bonds is 4. The second kappa shape index (κ2) is 6.32. The van der Waals surface area contributed by atoms with E-state index in [4.69, 9.17) is 11.6 Å². The Hall–Kier alpha value is -1.14. The molecule has 1 saturated carbocycles. The highest BCUT2D eigenvalue weighted by Crippen LogP contribution is 2.30. The Morgan fingerprint density at radius 3 is 2.62 bits per heavy atom. The molecule has 1 aliphatic carbocycles. The molecule has 3 rings (SSSR count). The fourth-order valence-electron chi connectivity index (χ4n) is 2.23. The molecule has 0 atom stereocenters. The molecule has 1 aromatic carbocycles. The summed E-state index contributed by atoms with van der Waals surface area (Å²) in [6, 6.07) is 9.73. The molecule has 1 amide bonds. The number of pyridine rings is 1. The molecule has 0 aliphatic heterocycles. The number of halogens is 2. The summed E-state index contributed by atoms with van der Waals surface area (Å²) in [5.41, 5.74) is 1.75. The van der Waals surface area contributed by atoms with Gasteiger partial charge in [-0.3, -0.25) is 9.78 Å². The van der Waals surface area contributed by atoms with Crippen LogP contribution in [0.1, 0.15) is 28.8 Å². The quantitative estimate of drug-likeness (QED) is 0.707. The van der Waals surface area contributed by atoms with Crippen LogP contribution in [0.2, 0.25) is 5.02 Å². The largest absolute Gasteiger partial charge is 0.331 e. The summed E-state index contributed by atoms with van der Waals surface area (Å²) in [4.78, 5) is 18.7. The van der Waals surface area contributed by atoms with Gasteiger partial charge in [0.2, 0.25) is 0 Å². The van der Waals surface area contributed by atoms with Crippen molar-refractivity contribution in [2.75, 3.05) is 0 Å². The van der Waals surface area contributed by atoms with Gasteiger partial charge in [-0.25, -0.2) is 0 Å². The van der Waals surface area contributed by atoms with Crippen LogP contribution in [-0.2, 0) is 6.54 Å². The molecule has 2 aromatic rings. The number of carbonyl (C=O) groups is 1. The van der Waals surface area contributed by atoms with Crippen LogP contribution in [-0.4, -0.2) is 21.8 Å². The first kappa shape index (κ1) is 14.8. The van der Waals surface area contributed by atoms with Crippen LogP contribution >= 0.6 is 34.2 Å². The predicted molar refractivity (Wildman–Crippen MR) is 91.3 cm³/mol. The lowest BCUT2D eigenvalue weighted by Crippen LogP contribution is -2.32. The minimum atomic E-state index is 0.0487. The van der Waals surface area contributed by atoms with Gasteiger partial charge in [-0.15, -0.1) is 0 Å². The van der Waals surface area contributed by atoms with Gasteiger partial charge >= 0.3 is 0 Å². The maximum absolute atomic E-state index is 12.7. The highest BCUT2D eigenvalue weighted by atomic mass is 127. The van der Waals surface area contributed by atoms with Crippen LogP contribution in [0.15, 0.2) is 42.7 Å². The van der Waals surface area contributed by atoms with Crippen molar-refractivity contribution in [1.82, 2.24) is 9.88 Å². The molecule has 0 bridgehead atoms. The molecule has 3 nitrogen and oxygen atoms in total. The number of amides is 1. The average molecular weight is 413 g/mol. The molecular weight excluding hydrogens is 399 g/mol. The minimum absolute atomic E-state index is 0.0487. The molecule has 1 aromatic heterocycles. The van der Waals surface area contributed by atoms with E-state index in [0.29, 0.717) is 23.2 Å². The van der Waals surface area contributed by atoms with Crippen molar-refractivity contribution in [2.24, 2.45) is 0 Å². The van der Waals surface area contributed by atoms with Gasteiger partial charge in [-0.1, -0.05) is 11.6 Å². The summed E-state index contributed by atoms with van der Waals surface area (Å²) >= 11 is 8.29. The second-order valence-electron chi connectivity index (χ2n) is 5.15. The van der Waals surface area contributed by atoms with Crippen molar-refractivity contribution in [1.29, 1.82) is 0 Å². The Balaban J connectivity index is 1.83. The monoisotopic (exact) mass is 412 g/mol. The summed E-state index contributed by atoms with van der Waals surface area (Å²) in [5.74, 6) is 0.0487. The lowest BCUT2D eigenvalue weighted by atomic mass is 10.1. The van der Waals surface area contributed by atoms with E-state index in [-0.39, 0.29) is 5.91 Å². The van der Waals surface area contributed by atoms with Gasteiger partial charge < -0.3 is 4.90 Å². The Kier molecular flexibility index (Phi) is 4.45. The number of carbonyl (C=O) groups excluding carboxylic acids is 1. The zero-order chi connectivity index (χ0) is 14.8. The molecule has 1 aliphatic rings. The summed E-state index contributed by atoms with van der Waals surface area (Å²) < 4.78 is 0.956. The first-order valence-corrected chi connectivity index (χ1v) is 8.26. The summed E-state index contributed by atoms with van der Waals surface area (Å²) in [5, 5.41) is 0.626. The van der Waals surface area contributed by atoms with Crippen LogP contribution < -0.4 is 0 Å². The van der Waals surface area contributed by atoms with Gasteiger partial charge in [0.25, 0.3) is 5.91 Å². The lowest BCUT2D eigenvalue weighted by Gasteiger charge is -2.22. The molecule has 0 N–H and O–H groups in total. The topological polar surface area (TPSA) is 33.2 Å². The van der Waals surface area contributed by atoms with E-state index in [1.165, 1.54) is 0 Å². The zero-order valence-corrected chi connectivity index (χ0v) is 14.2. The predicted octanol–water partition coefficient (Wildman–Crippen LogP) is 4.14. The van der Waals surface area contributed by atoms with Gasteiger partial charge in [0, 0.05) is 34.1 Å². The highest BCUT2D eigenvalue weighted by molar-refractivity contribution is 14.1. The van der Waals surface area contributed by atoms with Crippen LogP contribution in [0.5, 0.6) is 0 Å². The van der Waals surface area contributed by atoms with E-state index in [0.717, 1.165) is 22.0 Å².